The van der Waals surface area contributed by atoms with Crippen LogP contribution in [0.2, 0.25) is 0 Å². The molecule has 1 aromatic rings. The summed E-state index contributed by atoms with van der Waals surface area (Å²) >= 11 is 1.56. The Labute approximate surface area is 101 Å². The van der Waals surface area contributed by atoms with Crippen molar-refractivity contribution < 1.29 is 4.79 Å². The summed E-state index contributed by atoms with van der Waals surface area (Å²) in [5.41, 5.74) is 6.69. The van der Waals surface area contributed by atoms with Crippen LogP contribution < -0.4 is 5.73 Å². The summed E-state index contributed by atoms with van der Waals surface area (Å²) < 4.78 is 0. The third kappa shape index (κ3) is 4.02. The fourth-order valence-corrected chi connectivity index (χ4v) is 2.39. The van der Waals surface area contributed by atoms with Gasteiger partial charge in [0.2, 0.25) is 0 Å². The van der Waals surface area contributed by atoms with Crippen molar-refractivity contribution in [3.8, 4) is 0 Å². The van der Waals surface area contributed by atoms with Crippen molar-refractivity contribution >= 4 is 17.1 Å². The summed E-state index contributed by atoms with van der Waals surface area (Å²) in [6, 6.07) is -0.0606. The number of aromatic nitrogens is 1. The monoisotopic (exact) mass is 240 g/mol. The molecule has 4 heteroatoms. The van der Waals surface area contributed by atoms with E-state index in [9.17, 15) is 4.79 Å². The summed E-state index contributed by atoms with van der Waals surface area (Å²) in [7, 11) is 0. The highest BCUT2D eigenvalue weighted by molar-refractivity contribution is 7.09. The number of nitrogens with zero attached hydrogens (tertiary/aromatic N) is 1. The van der Waals surface area contributed by atoms with Crippen molar-refractivity contribution in [3.05, 3.63) is 16.1 Å². The predicted molar refractivity (Wildman–Crippen MR) is 67.8 cm³/mol. The molecular formula is C12H20N2OS. The number of Topliss-reactive ketones (excluding diaryl/α,β-unsaturated/α-hetero) is 1. The van der Waals surface area contributed by atoms with Crippen molar-refractivity contribution in [2.24, 2.45) is 5.73 Å². The second-order valence-electron chi connectivity index (χ2n) is 5.27. The van der Waals surface area contributed by atoms with E-state index in [2.05, 4.69) is 25.8 Å². The van der Waals surface area contributed by atoms with Gasteiger partial charge in [-0.3, -0.25) is 4.79 Å². The fraction of sp³-hybridized carbons (Fsp3) is 0.667. The Balaban J connectivity index is 2.62. The van der Waals surface area contributed by atoms with Gasteiger partial charge in [-0.1, -0.05) is 20.8 Å². The highest BCUT2D eigenvalue weighted by Crippen LogP contribution is 2.24. The van der Waals surface area contributed by atoms with Gasteiger partial charge in [0.15, 0.2) is 0 Å². The first-order valence-corrected chi connectivity index (χ1v) is 6.39. The van der Waals surface area contributed by atoms with Crippen LogP contribution in [0.25, 0.3) is 0 Å². The molecule has 90 valence electrons. The molecule has 0 amide bonds. The standard InChI is InChI=1S/C12H20N2OS/c1-8(13)5-9(15)6-11-14-10(7-16-11)12(2,3)4/h7-8H,5-6,13H2,1-4H3. The Hall–Kier alpha value is -0.740. The number of hydrogen-bond acceptors (Lipinski definition) is 4. The third-order valence-electron chi connectivity index (χ3n) is 2.22. The van der Waals surface area contributed by atoms with Gasteiger partial charge in [0.05, 0.1) is 12.1 Å². The van der Waals surface area contributed by atoms with E-state index < -0.39 is 0 Å². The number of nitrogens with two attached hydrogens (primary N) is 1. The molecule has 1 heterocycles. The Morgan fingerprint density at radius 2 is 2.19 bits per heavy atom. The molecule has 1 aromatic heterocycles. The summed E-state index contributed by atoms with van der Waals surface area (Å²) in [5.74, 6) is 0.171. The molecular weight excluding hydrogens is 220 g/mol. The summed E-state index contributed by atoms with van der Waals surface area (Å²) in [6.07, 6.45) is 0.854. The van der Waals surface area contributed by atoms with Crippen molar-refractivity contribution in [2.45, 2.75) is 52.0 Å². The van der Waals surface area contributed by atoms with Gasteiger partial charge >= 0.3 is 0 Å². The second kappa shape index (κ2) is 5.06. The van der Waals surface area contributed by atoms with E-state index >= 15 is 0 Å². The molecule has 2 N–H and O–H groups in total. The van der Waals surface area contributed by atoms with Crippen LogP contribution in [0.3, 0.4) is 0 Å². The lowest BCUT2D eigenvalue weighted by Gasteiger charge is -2.14. The maximum atomic E-state index is 11.6. The van der Waals surface area contributed by atoms with Crippen LogP contribution in [-0.4, -0.2) is 16.8 Å². The molecule has 0 fully saturated rings. The van der Waals surface area contributed by atoms with Gasteiger partial charge in [-0.2, -0.15) is 0 Å². The fourth-order valence-electron chi connectivity index (χ4n) is 1.34. The lowest BCUT2D eigenvalue weighted by molar-refractivity contribution is -0.118. The Kier molecular flexibility index (Phi) is 4.21. The minimum absolute atomic E-state index is 0.0545. The largest absolute Gasteiger partial charge is 0.328 e. The molecule has 0 spiro atoms. The van der Waals surface area contributed by atoms with E-state index in [1.165, 1.54) is 0 Å². The highest BCUT2D eigenvalue weighted by atomic mass is 32.1. The number of carbonyl (C=O) groups excluding carboxylic acids is 1. The van der Waals surface area contributed by atoms with Crippen molar-refractivity contribution in [3.63, 3.8) is 0 Å². The Morgan fingerprint density at radius 1 is 1.56 bits per heavy atom. The number of thiazole rings is 1. The van der Waals surface area contributed by atoms with Gasteiger partial charge in [0, 0.05) is 23.3 Å². The van der Waals surface area contributed by atoms with E-state index in [4.69, 9.17) is 5.73 Å². The molecule has 0 aliphatic carbocycles. The zero-order valence-electron chi connectivity index (χ0n) is 10.4. The molecule has 3 nitrogen and oxygen atoms in total. The SMILES string of the molecule is CC(N)CC(=O)Cc1nc(C(C)(C)C)cs1. The van der Waals surface area contributed by atoms with Gasteiger partial charge in [-0.25, -0.2) is 4.98 Å². The van der Waals surface area contributed by atoms with E-state index in [-0.39, 0.29) is 17.2 Å². The Bertz CT molecular complexity index is 363. The first-order chi connectivity index (χ1) is 7.29. The third-order valence-corrected chi connectivity index (χ3v) is 3.07. The molecule has 0 aliphatic heterocycles. The maximum absolute atomic E-state index is 11.6. The van der Waals surface area contributed by atoms with Crippen LogP contribution in [0.15, 0.2) is 5.38 Å². The molecule has 0 radical (unpaired) electrons. The van der Waals surface area contributed by atoms with Crippen LogP contribution in [0.5, 0.6) is 0 Å². The van der Waals surface area contributed by atoms with E-state index in [1.54, 1.807) is 11.3 Å². The first-order valence-electron chi connectivity index (χ1n) is 5.51. The smallest absolute Gasteiger partial charge is 0.141 e. The van der Waals surface area contributed by atoms with E-state index in [1.807, 2.05) is 12.3 Å². The average molecular weight is 240 g/mol. The summed E-state index contributed by atoms with van der Waals surface area (Å²) in [4.78, 5) is 16.1. The van der Waals surface area contributed by atoms with Crippen LogP contribution >= 0.6 is 11.3 Å². The van der Waals surface area contributed by atoms with Crippen LogP contribution in [0, 0.1) is 0 Å². The first kappa shape index (κ1) is 13.3. The second-order valence-corrected chi connectivity index (χ2v) is 6.22. The van der Waals surface area contributed by atoms with Crippen LogP contribution in [0.4, 0.5) is 0 Å². The summed E-state index contributed by atoms with van der Waals surface area (Å²) in [5, 5.41) is 2.93. The van der Waals surface area contributed by atoms with Gasteiger partial charge < -0.3 is 5.73 Å². The molecule has 0 saturated heterocycles. The molecule has 1 atom stereocenters. The van der Waals surface area contributed by atoms with Crippen molar-refractivity contribution in [1.82, 2.24) is 4.98 Å². The Morgan fingerprint density at radius 3 is 2.62 bits per heavy atom. The lowest BCUT2D eigenvalue weighted by Crippen LogP contribution is -2.20. The number of carbonyl (C=O) groups is 1. The number of hydrogen-bond donors (Lipinski definition) is 1. The predicted octanol–water partition coefficient (Wildman–Crippen LogP) is 2.29. The normalized spacial score (nSPS) is 13.8. The number of rotatable bonds is 4. The molecule has 0 saturated carbocycles. The topological polar surface area (TPSA) is 56.0 Å². The zero-order valence-corrected chi connectivity index (χ0v) is 11.2. The minimum atomic E-state index is -0.0606. The molecule has 0 aromatic carbocycles. The van der Waals surface area contributed by atoms with Crippen LogP contribution in [0.1, 0.15) is 44.8 Å². The van der Waals surface area contributed by atoms with E-state index in [0.717, 1.165) is 10.7 Å². The minimum Gasteiger partial charge on any atom is -0.328 e. The number of ketones is 1. The molecule has 0 bridgehead atoms. The average Bonchev–Trinajstić information content (AvgIpc) is 2.49. The molecule has 1 rings (SSSR count). The molecule has 16 heavy (non-hydrogen) atoms. The van der Waals surface area contributed by atoms with Crippen LogP contribution in [-0.2, 0) is 16.6 Å². The highest BCUT2D eigenvalue weighted by Gasteiger charge is 2.18. The molecule has 1 unspecified atom stereocenters. The van der Waals surface area contributed by atoms with E-state index in [0.29, 0.717) is 12.8 Å². The quantitative estimate of drug-likeness (QED) is 0.878. The van der Waals surface area contributed by atoms with Gasteiger partial charge in [0.25, 0.3) is 0 Å². The van der Waals surface area contributed by atoms with Gasteiger partial charge in [-0.15, -0.1) is 11.3 Å². The van der Waals surface area contributed by atoms with Crippen molar-refractivity contribution in [1.29, 1.82) is 0 Å². The zero-order chi connectivity index (χ0) is 12.3. The van der Waals surface area contributed by atoms with Gasteiger partial charge in [0.1, 0.15) is 10.8 Å². The van der Waals surface area contributed by atoms with Crippen molar-refractivity contribution in [2.75, 3.05) is 0 Å². The molecule has 0 aliphatic rings. The lowest BCUT2D eigenvalue weighted by atomic mass is 9.93. The maximum Gasteiger partial charge on any atom is 0.141 e. The summed E-state index contributed by atoms with van der Waals surface area (Å²) in [6.45, 7) is 8.21. The van der Waals surface area contributed by atoms with Gasteiger partial charge in [-0.05, 0) is 6.92 Å².